The van der Waals surface area contributed by atoms with Gasteiger partial charge in [0.2, 0.25) is 0 Å². The van der Waals surface area contributed by atoms with Crippen molar-refractivity contribution in [3.8, 4) is 0 Å². The molecule has 0 saturated heterocycles. The zero-order valence-corrected chi connectivity index (χ0v) is 11.9. The molecule has 3 atom stereocenters. The highest BCUT2D eigenvalue weighted by Gasteiger charge is 2.36. The summed E-state index contributed by atoms with van der Waals surface area (Å²) in [6.45, 7) is 4.24. The Morgan fingerprint density at radius 2 is 2.10 bits per heavy atom. The van der Waals surface area contributed by atoms with E-state index in [1.165, 1.54) is 5.56 Å². The van der Waals surface area contributed by atoms with Crippen LogP contribution in [0.15, 0.2) is 28.7 Å². The third-order valence-corrected chi connectivity index (χ3v) is 4.49. The minimum Gasteiger partial charge on any atom is -0.481 e. The van der Waals surface area contributed by atoms with Gasteiger partial charge in [-0.25, -0.2) is 0 Å². The number of carboxylic acid groups (broad SMARTS) is 1. The molecule has 0 radical (unpaired) electrons. The molecule has 1 fully saturated rings. The molecule has 0 aliphatic heterocycles. The van der Waals surface area contributed by atoms with Gasteiger partial charge in [-0.3, -0.25) is 4.79 Å². The van der Waals surface area contributed by atoms with Gasteiger partial charge in [0.25, 0.3) is 0 Å². The average molecular weight is 272 g/mol. The highest BCUT2D eigenvalue weighted by atomic mass is 16.4. The molecule has 1 aromatic heterocycles. The van der Waals surface area contributed by atoms with Gasteiger partial charge in [-0.1, -0.05) is 18.6 Å². The highest BCUT2D eigenvalue weighted by molar-refractivity contribution is 5.79. The topological polar surface area (TPSA) is 50.4 Å². The molecule has 2 aromatic rings. The van der Waals surface area contributed by atoms with Crippen molar-refractivity contribution >= 4 is 16.9 Å². The van der Waals surface area contributed by atoms with Gasteiger partial charge >= 0.3 is 5.97 Å². The Balaban J connectivity index is 2.00. The fourth-order valence-electron chi connectivity index (χ4n) is 3.36. The van der Waals surface area contributed by atoms with E-state index in [0.29, 0.717) is 5.92 Å². The number of fused-ring (bicyclic) bond motifs is 1. The van der Waals surface area contributed by atoms with E-state index in [1.807, 2.05) is 18.2 Å². The molecule has 106 valence electrons. The van der Waals surface area contributed by atoms with Crippen LogP contribution in [0, 0.1) is 18.8 Å². The van der Waals surface area contributed by atoms with E-state index in [1.54, 1.807) is 0 Å². The number of hydrogen-bond acceptors (Lipinski definition) is 2. The van der Waals surface area contributed by atoms with Crippen LogP contribution in [0.4, 0.5) is 0 Å². The minimum atomic E-state index is -0.696. The SMILES string of the molecule is Cc1ccc2oc(C3CC(C)CCC3C(=O)O)cc2c1. The molecule has 3 heteroatoms. The smallest absolute Gasteiger partial charge is 0.307 e. The summed E-state index contributed by atoms with van der Waals surface area (Å²) in [4.78, 5) is 11.5. The van der Waals surface area contributed by atoms with E-state index in [4.69, 9.17) is 4.42 Å². The van der Waals surface area contributed by atoms with Crippen molar-refractivity contribution in [1.29, 1.82) is 0 Å². The Kier molecular flexibility index (Phi) is 3.28. The summed E-state index contributed by atoms with van der Waals surface area (Å²) in [5, 5.41) is 10.5. The predicted molar refractivity (Wildman–Crippen MR) is 77.8 cm³/mol. The van der Waals surface area contributed by atoms with Crippen LogP contribution < -0.4 is 0 Å². The van der Waals surface area contributed by atoms with E-state index >= 15 is 0 Å². The maximum absolute atomic E-state index is 11.5. The molecule has 1 heterocycles. The number of furan rings is 1. The number of carbonyl (C=O) groups is 1. The second-order valence-electron chi connectivity index (χ2n) is 6.16. The van der Waals surface area contributed by atoms with Gasteiger partial charge in [0, 0.05) is 11.3 Å². The monoisotopic (exact) mass is 272 g/mol. The zero-order valence-electron chi connectivity index (χ0n) is 11.9. The number of benzene rings is 1. The van der Waals surface area contributed by atoms with Gasteiger partial charge in [0.15, 0.2) is 0 Å². The van der Waals surface area contributed by atoms with Gasteiger partial charge in [0.05, 0.1) is 5.92 Å². The fraction of sp³-hybridized carbons (Fsp3) is 0.471. The Hall–Kier alpha value is -1.77. The molecule has 0 amide bonds. The van der Waals surface area contributed by atoms with Crippen LogP contribution in [0.3, 0.4) is 0 Å². The molecular weight excluding hydrogens is 252 g/mol. The Morgan fingerprint density at radius 1 is 1.30 bits per heavy atom. The summed E-state index contributed by atoms with van der Waals surface area (Å²) in [7, 11) is 0. The Labute approximate surface area is 118 Å². The molecular formula is C17H20O3. The second-order valence-corrected chi connectivity index (χ2v) is 6.16. The lowest BCUT2D eigenvalue weighted by Crippen LogP contribution is -2.28. The summed E-state index contributed by atoms with van der Waals surface area (Å²) in [6.07, 6.45) is 2.64. The molecule has 1 aliphatic carbocycles. The Morgan fingerprint density at radius 3 is 2.85 bits per heavy atom. The molecule has 3 unspecified atom stereocenters. The minimum absolute atomic E-state index is 0.00366. The first-order valence-corrected chi connectivity index (χ1v) is 7.27. The first kappa shape index (κ1) is 13.2. The number of rotatable bonds is 2. The van der Waals surface area contributed by atoms with Crippen molar-refractivity contribution in [2.45, 2.75) is 39.0 Å². The van der Waals surface area contributed by atoms with Crippen LogP contribution in [-0.4, -0.2) is 11.1 Å². The highest BCUT2D eigenvalue weighted by Crippen LogP contribution is 2.42. The van der Waals surface area contributed by atoms with E-state index < -0.39 is 5.97 Å². The van der Waals surface area contributed by atoms with Crippen molar-refractivity contribution < 1.29 is 14.3 Å². The molecule has 20 heavy (non-hydrogen) atoms. The molecule has 3 nitrogen and oxygen atoms in total. The standard InChI is InChI=1S/C17H20O3/c1-10-4-6-15-12(7-10)9-16(20-15)14-8-11(2)3-5-13(14)17(18)19/h4,6-7,9,11,13-14H,3,5,8H2,1-2H3,(H,18,19). The molecule has 0 spiro atoms. The van der Waals surface area contributed by atoms with Crippen LogP contribution in [0.1, 0.15) is 43.4 Å². The summed E-state index contributed by atoms with van der Waals surface area (Å²) in [6, 6.07) is 8.11. The summed E-state index contributed by atoms with van der Waals surface area (Å²) >= 11 is 0. The van der Waals surface area contributed by atoms with Crippen LogP contribution >= 0.6 is 0 Å². The third kappa shape index (κ3) is 2.33. The zero-order chi connectivity index (χ0) is 14.3. The van der Waals surface area contributed by atoms with Crippen molar-refractivity contribution in [1.82, 2.24) is 0 Å². The molecule has 1 saturated carbocycles. The second kappa shape index (κ2) is 4.97. The van der Waals surface area contributed by atoms with Crippen LogP contribution in [-0.2, 0) is 4.79 Å². The summed E-state index contributed by atoms with van der Waals surface area (Å²) in [5.41, 5.74) is 2.05. The van der Waals surface area contributed by atoms with Crippen LogP contribution in [0.2, 0.25) is 0 Å². The molecule has 1 aromatic carbocycles. The normalized spacial score (nSPS) is 26.8. The van der Waals surface area contributed by atoms with E-state index in [0.717, 1.165) is 36.0 Å². The maximum atomic E-state index is 11.5. The number of aryl methyl sites for hydroxylation is 1. The lowest BCUT2D eigenvalue weighted by atomic mass is 9.73. The average Bonchev–Trinajstić information content (AvgIpc) is 2.81. The van der Waals surface area contributed by atoms with Crippen LogP contribution in [0.5, 0.6) is 0 Å². The van der Waals surface area contributed by atoms with Gasteiger partial charge in [-0.05, 0) is 50.3 Å². The quantitative estimate of drug-likeness (QED) is 0.884. The van der Waals surface area contributed by atoms with Gasteiger partial charge in [0.1, 0.15) is 11.3 Å². The summed E-state index contributed by atoms with van der Waals surface area (Å²) in [5.74, 6) is 0.394. The fourth-order valence-corrected chi connectivity index (χ4v) is 3.36. The largest absolute Gasteiger partial charge is 0.481 e. The number of carboxylic acids is 1. The molecule has 3 rings (SSSR count). The maximum Gasteiger partial charge on any atom is 0.307 e. The van der Waals surface area contributed by atoms with Gasteiger partial charge < -0.3 is 9.52 Å². The lowest BCUT2D eigenvalue weighted by Gasteiger charge is -2.30. The van der Waals surface area contributed by atoms with E-state index in [2.05, 4.69) is 19.9 Å². The van der Waals surface area contributed by atoms with Crippen LogP contribution in [0.25, 0.3) is 11.0 Å². The first-order chi connectivity index (χ1) is 9.54. The number of hydrogen-bond donors (Lipinski definition) is 1. The third-order valence-electron chi connectivity index (χ3n) is 4.49. The first-order valence-electron chi connectivity index (χ1n) is 7.27. The molecule has 0 bridgehead atoms. The van der Waals surface area contributed by atoms with Crippen molar-refractivity contribution in [3.05, 3.63) is 35.6 Å². The molecule has 1 aliphatic rings. The van der Waals surface area contributed by atoms with Gasteiger partial charge in [-0.2, -0.15) is 0 Å². The number of aliphatic carboxylic acids is 1. The van der Waals surface area contributed by atoms with Crippen molar-refractivity contribution in [2.24, 2.45) is 11.8 Å². The van der Waals surface area contributed by atoms with Crippen molar-refractivity contribution in [2.75, 3.05) is 0 Å². The predicted octanol–water partition coefficient (Wildman–Crippen LogP) is 4.35. The van der Waals surface area contributed by atoms with Gasteiger partial charge in [-0.15, -0.1) is 0 Å². The lowest BCUT2D eigenvalue weighted by molar-refractivity contribution is -0.144. The Bertz CT molecular complexity index is 641. The van der Waals surface area contributed by atoms with Crippen molar-refractivity contribution in [3.63, 3.8) is 0 Å². The summed E-state index contributed by atoms with van der Waals surface area (Å²) < 4.78 is 5.93. The van der Waals surface area contributed by atoms with E-state index in [9.17, 15) is 9.90 Å². The molecule has 1 N–H and O–H groups in total. The van der Waals surface area contributed by atoms with E-state index in [-0.39, 0.29) is 11.8 Å².